The highest BCUT2D eigenvalue weighted by molar-refractivity contribution is 6.06. The summed E-state index contributed by atoms with van der Waals surface area (Å²) in [5, 5.41) is 10.8. The molecule has 2 aliphatic rings. The smallest absolute Gasteiger partial charge is 0.475 e. The van der Waals surface area contributed by atoms with Crippen molar-refractivity contribution < 1.29 is 41.4 Å². The first-order valence-corrected chi connectivity index (χ1v) is 10.1. The molecule has 13 heteroatoms. The molecule has 182 valence electrons. The lowest BCUT2D eigenvalue weighted by atomic mass is 9.90. The number of aliphatic carboxylic acids is 1. The molecule has 33 heavy (non-hydrogen) atoms. The van der Waals surface area contributed by atoms with Crippen LogP contribution in [0, 0.1) is 0 Å². The van der Waals surface area contributed by atoms with Gasteiger partial charge < -0.3 is 19.7 Å². The molecule has 0 saturated carbocycles. The summed E-state index contributed by atoms with van der Waals surface area (Å²) in [6.45, 7) is 0.879. The Morgan fingerprint density at radius 1 is 1.27 bits per heavy atom. The standard InChI is InChI=1S/C18H22F2N4O2.C2HF3O2/c1-23-12-5-11(6-13(23)10-26-9-12)22-18(25)15-7-24(8-16(19)20)17-14(15)3-2-4-21-17;3-2(4,5)1(6)7/h2-4,7,11-13,16H,5-6,8-10H2,1H3,(H,22,25);(H,6,7). The van der Waals surface area contributed by atoms with E-state index in [1.54, 1.807) is 18.3 Å². The molecule has 0 spiro atoms. The highest BCUT2D eigenvalue weighted by atomic mass is 19.4. The Morgan fingerprint density at radius 2 is 1.88 bits per heavy atom. The Bertz CT molecular complexity index is 982. The zero-order valence-corrected chi connectivity index (χ0v) is 17.6. The van der Waals surface area contributed by atoms with E-state index in [9.17, 15) is 26.7 Å². The van der Waals surface area contributed by atoms with Gasteiger partial charge >= 0.3 is 12.1 Å². The van der Waals surface area contributed by atoms with E-state index in [1.165, 1.54) is 10.8 Å². The summed E-state index contributed by atoms with van der Waals surface area (Å²) in [5.41, 5.74) is 0.806. The van der Waals surface area contributed by atoms with Gasteiger partial charge in [-0.05, 0) is 32.0 Å². The Balaban J connectivity index is 0.000000383. The molecule has 4 heterocycles. The maximum Gasteiger partial charge on any atom is 0.490 e. The van der Waals surface area contributed by atoms with Gasteiger partial charge in [-0.2, -0.15) is 13.2 Å². The molecule has 2 N–H and O–H groups in total. The molecule has 2 aliphatic heterocycles. The van der Waals surface area contributed by atoms with Crippen LogP contribution in [0.5, 0.6) is 0 Å². The van der Waals surface area contributed by atoms with Crippen LogP contribution in [0.1, 0.15) is 23.2 Å². The molecule has 2 aromatic rings. The molecule has 4 rings (SSSR count). The van der Waals surface area contributed by atoms with E-state index in [1.807, 2.05) is 0 Å². The second kappa shape index (κ2) is 10.00. The lowest BCUT2D eigenvalue weighted by Gasteiger charge is -2.46. The number of hydrogen-bond donors (Lipinski definition) is 2. The predicted molar refractivity (Wildman–Crippen MR) is 106 cm³/mol. The van der Waals surface area contributed by atoms with Gasteiger partial charge in [0.25, 0.3) is 12.3 Å². The molecular formula is C20H23F5N4O4. The van der Waals surface area contributed by atoms with E-state index in [0.717, 1.165) is 12.8 Å². The van der Waals surface area contributed by atoms with Gasteiger partial charge in [0.15, 0.2) is 0 Å². The van der Waals surface area contributed by atoms with Crippen molar-refractivity contribution in [1.82, 2.24) is 19.8 Å². The number of carbonyl (C=O) groups excluding carboxylic acids is 1. The number of alkyl halides is 5. The van der Waals surface area contributed by atoms with E-state index in [2.05, 4.69) is 22.2 Å². The Morgan fingerprint density at radius 3 is 2.42 bits per heavy atom. The van der Waals surface area contributed by atoms with Gasteiger partial charge in [-0.25, -0.2) is 18.6 Å². The molecular weight excluding hydrogens is 455 g/mol. The highest BCUT2D eigenvalue weighted by Gasteiger charge is 2.38. The lowest BCUT2D eigenvalue weighted by Crippen LogP contribution is -2.59. The van der Waals surface area contributed by atoms with Crippen molar-refractivity contribution in [2.45, 2.75) is 50.1 Å². The lowest BCUT2D eigenvalue weighted by molar-refractivity contribution is -0.192. The number of morpholine rings is 1. The van der Waals surface area contributed by atoms with Crippen LogP contribution in [-0.2, 0) is 16.1 Å². The van der Waals surface area contributed by atoms with E-state index in [4.69, 9.17) is 14.6 Å². The summed E-state index contributed by atoms with van der Waals surface area (Å²) >= 11 is 0. The number of carboxylic acids is 1. The van der Waals surface area contributed by atoms with E-state index in [0.29, 0.717) is 41.9 Å². The second-order valence-electron chi connectivity index (χ2n) is 7.92. The number of nitrogens with one attached hydrogen (secondary N) is 1. The highest BCUT2D eigenvalue weighted by Crippen LogP contribution is 2.27. The first kappa shape index (κ1) is 24.8. The zero-order chi connectivity index (χ0) is 24.3. The summed E-state index contributed by atoms with van der Waals surface area (Å²) in [5.74, 6) is -2.99. The number of fused-ring (bicyclic) bond motifs is 3. The van der Waals surface area contributed by atoms with Gasteiger partial charge in [0, 0.05) is 35.9 Å². The van der Waals surface area contributed by atoms with Crippen LogP contribution in [0.3, 0.4) is 0 Å². The fraction of sp³-hybridized carbons (Fsp3) is 0.550. The SMILES string of the molecule is CN1C2COCC1CC(NC(=O)c1cn(CC(F)F)c3ncccc13)C2.O=C(O)C(F)(F)F. The van der Waals surface area contributed by atoms with Crippen molar-refractivity contribution in [2.24, 2.45) is 0 Å². The number of halogens is 5. The van der Waals surface area contributed by atoms with Crippen LogP contribution < -0.4 is 5.32 Å². The number of hydrogen-bond acceptors (Lipinski definition) is 5. The Kier molecular flexibility index (Phi) is 7.52. The van der Waals surface area contributed by atoms with E-state index < -0.39 is 25.1 Å². The molecule has 0 radical (unpaired) electrons. The number of carboxylic acid groups (broad SMARTS) is 1. The van der Waals surface area contributed by atoms with Gasteiger partial charge in [0.1, 0.15) is 5.65 Å². The van der Waals surface area contributed by atoms with Crippen molar-refractivity contribution in [3.63, 3.8) is 0 Å². The Hall–Kier alpha value is -2.80. The maximum absolute atomic E-state index is 12.8. The van der Waals surface area contributed by atoms with Crippen LogP contribution in [0.15, 0.2) is 24.5 Å². The minimum Gasteiger partial charge on any atom is -0.475 e. The number of pyridine rings is 1. The average Bonchev–Trinajstić information content (AvgIpc) is 3.07. The van der Waals surface area contributed by atoms with Gasteiger partial charge in [-0.1, -0.05) is 0 Å². The van der Waals surface area contributed by atoms with Crippen LogP contribution in [-0.4, -0.2) is 82.4 Å². The number of rotatable bonds is 4. The summed E-state index contributed by atoms with van der Waals surface area (Å²) in [6, 6.07) is 4.12. The van der Waals surface area contributed by atoms with Crippen molar-refractivity contribution in [3.05, 3.63) is 30.1 Å². The molecule has 2 atom stereocenters. The number of aromatic nitrogens is 2. The number of ether oxygens (including phenoxy) is 1. The summed E-state index contributed by atoms with van der Waals surface area (Å²) in [7, 11) is 2.10. The van der Waals surface area contributed by atoms with Crippen molar-refractivity contribution in [2.75, 3.05) is 20.3 Å². The van der Waals surface area contributed by atoms with Crippen LogP contribution in [0.25, 0.3) is 11.0 Å². The van der Waals surface area contributed by atoms with E-state index >= 15 is 0 Å². The molecule has 2 bridgehead atoms. The topological polar surface area (TPSA) is 96.7 Å². The third-order valence-electron chi connectivity index (χ3n) is 5.68. The molecule has 2 fully saturated rings. The second-order valence-corrected chi connectivity index (χ2v) is 7.92. The monoisotopic (exact) mass is 478 g/mol. The molecule has 1 amide bonds. The normalized spacial score (nSPS) is 23.2. The van der Waals surface area contributed by atoms with Crippen molar-refractivity contribution in [3.8, 4) is 0 Å². The van der Waals surface area contributed by atoms with Crippen molar-refractivity contribution >= 4 is 22.9 Å². The predicted octanol–water partition coefficient (Wildman–Crippen LogP) is 2.53. The number of amides is 1. The molecule has 2 saturated heterocycles. The largest absolute Gasteiger partial charge is 0.490 e. The minimum absolute atomic E-state index is 0.0581. The minimum atomic E-state index is -5.08. The fourth-order valence-electron chi connectivity index (χ4n) is 4.07. The van der Waals surface area contributed by atoms with Gasteiger partial charge in [0.2, 0.25) is 0 Å². The van der Waals surface area contributed by atoms with Gasteiger partial charge in [0.05, 0.1) is 25.3 Å². The van der Waals surface area contributed by atoms with Crippen LogP contribution in [0.2, 0.25) is 0 Å². The third kappa shape index (κ3) is 5.96. The molecule has 2 aromatic heterocycles. The van der Waals surface area contributed by atoms with Gasteiger partial charge in [-0.3, -0.25) is 9.69 Å². The summed E-state index contributed by atoms with van der Waals surface area (Å²) in [6.07, 6.45) is -2.90. The first-order chi connectivity index (χ1) is 15.5. The van der Waals surface area contributed by atoms with Crippen LogP contribution in [0.4, 0.5) is 22.0 Å². The van der Waals surface area contributed by atoms with Gasteiger partial charge in [-0.15, -0.1) is 0 Å². The quantitative estimate of drug-likeness (QED) is 0.656. The third-order valence-corrected chi connectivity index (χ3v) is 5.68. The summed E-state index contributed by atoms with van der Waals surface area (Å²) < 4.78 is 64.4. The first-order valence-electron chi connectivity index (χ1n) is 10.1. The average molecular weight is 478 g/mol. The molecule has 0 aliphatic carbocycles. The number of nitrogens with zero attached hydrogens (tertiary/aromatic N) is 3. The van der Waals surface area contributed by atoms with E-state index in [-0.39, 0.29) is 11.9 Å². The Labute approximate surface area is 185 Å². The molecule has 8 nitrogen and oxygen atoms in total. The van der Waals surface area contributed by atoms with Crippen LogP contribution >= 0.6 is 0 Å². The maximum atomic E-state index is 12.8. The zero-order valence-electron chi connectivity index (χ0n) is 17.6. The molecule has 0 aromatic carbocycles. The summed E-state index contributed by atoms with van der Waals surface area (Å²) in [4.78, 5) is 28.2. The number of carbonyl (C=O) groups is 2. The number of likely N-dealkylation sites (N-methyl/N-ethyl adjacent to an activating group) is 1. The molecule has 2 unspecified atom stereocenters. The van der Waals surface area contributed by atoms with Crippen molar-refractivity contribution in [1.29, 1.82) is 0 Å². The number of piperidine rings is 1. The fourth-order valence-corrected chi connectivity index (χ4v) is 4.07.